The number of rotatable bonds is 5. The SMILES string of the molecule is CNCC(C)C(=O)Nc1ccc(C)c([N+](=O)[O-])c1. The molecule has 1 unspecified atom stereocenters. The minimum Gasteiger partial charge on any atom is -0.326 e. The first-order valence-corrected chi connectivity index (χ1v) is 5.66. The zero-order valence-corrected chi connectivity index (χ0v) is 10.7. The number of nitrogens with one attached hydrogen (secondary N) is 2. The summed E-state index contributed by atoms with van der Waals surface area (Å²) in [7, 11) is 1.76. The Labute approximate surface area is 106 Å². The Balaban J connectivity index is 2.82. The minimum absolute atomic E-state index is 0.00840. The summed E-state index contributed by atoms with van der Waals surface area (Å²) in [6, 6.07) is 4.65. The van der Waals surface area contributed by atoms with E-state index in [4.69, 9.17) is 0 Å². The molecule has 1 aromatic carbocycles. The summed E-state index contributed by atoms with van der Waals surface area (Å²) in [5, 5.41) is 16.3. The van der Waals surface area contributed by atoms with Gasteiger partial charge >= 0.3 is 0 Å². The van der Waals surface area contributed by atoms with Crippen LogP contribution in [0.4, 0.5) is 11.4 Å². The molecule has 98 valence electrons. The van der Waals surface area contributed by atoms with Gasteiger partial charge in [0.05, 0.1) is 4.92 Å². The molecule has 1 aromatic rings. The Morgan fingerprint density at radius 2 is 2.17 bits per heavy atom. The van der Waals surface area contributed by atoms with Crippen molar-refractivity contribution in [3.8, 4) is 0 Å². The third-order valence-corrected chi connectivity index (χ3v) is 2.63. The van der Waals surface area contributed by atoms with Crippen molar-refractivity contribution < 1.29 is 9.72 Å². The molecular weight excluding hydrogens is 234 g/mol. The first kappa shape index (κ1) is 14.1. The average molecular weight is 251 g/mol. The van der Waals surface area contributed by atoms with Crippen LogP contribution in [-0.2, 0) is 4.79 Å². The molecule has 0 saturated heterocycles. The average Bonchev–Trinajstić information content (AvgIpc) is 2.31. The van der Waals surface area contributed by atoms with E-state index >= 15 is 0 Å². The van der Waals surface area contributed by atoms with E-state index in [1.807, 2.05) is 0 Å². The van der Waals surface area contributed by atoms with Crippen LogP contribution in [-0.4, -0.2) is 24.4 Å². The van der Waals surface area contributed by atoms with E-state index in [9.17, 15) is 14.9 Å². The number of nitro groups is 1. The van der Waals surface area contributed by atoms with Crippen molar-refractivity contribution in [1.82, 2.24) is 5.32 Å². The molecule has 0 saturated carbocycles. The normalized spacial score (nSPS) is 11.9. The summed E-state index contributed by atoms with van der Waals surface area (Å²) in [4.78, 5) is 22.1. The fourth-order valence-electron chi connectivity index (χ4n) is 1.55. The van der Waals surface area contributed by atoms with E-state index < -0.39 is 4.92 Å². The lowest BCUT2D eigenvalue weighted by Crippen LogP contribution is -2.28. The zero-order valence-electron chi connectivity index (χ0n) is 10.7. The van der Waals surface area contributed by atoms with Crippen LogP contribution in [0.15, 0.2) is 18.2 Å². The minimum atomic E-state index is -0.456. The fraction of sp³-hybridized carbons (Fsp3) is 0.417. The highest BCUT2D eigenvalue weighted by Gasteiger charge is 2.15. The van der Waals surface area contributed by atoms with Gasteiger partial charge in [0.2, 0.25) is 5.91 Å². The number of nitro benzene ring substituents is 1. The lowest BCUT2D eigenvalue weighted by Gasteiger charge is -2.11. The number of hydrogen-bond donors (Lipinski definition) is 2. The first-order chi connectivity index (χ1) is 8.45. The van der Waals surface area contributed by atoms with Crippen molar-refractivity contribution in [1.29, 1.82) is 0 Å². The van der Waals surface area contributed by atoms with Crippen LogP contribution in [0.3, 0.4) is 0 Å². The van der Waals surface area contributed by atoms with E-state index in [1.165, 1.54) is 6.07 Å². The van der Waals surface area contributed by atoms with Crippen molar-refractivity contribution in [2.75, 3.05) is 18.9 Å². The van der Waals surface area contributed by atoms with Crippen LogP contribution in [0, 0.1) is 23.0 Å². The zero-order chi connectivity index (χ0) is 13.7. The molecule has 18 heavy (non-hydrogen) atoms. The Hall–Kier alpha value is -1.95. The first-order valence-electron chi connectivity index (χ1n) is 5.66. The molecule has 0 heterocycles. The van der Waals surface area contributed by atoms with Crippen molar-refractivity contribution >= 4 is 17.3 Å². The van der Waals surface area contributed by atoms with Gasteiger partial charge in [-0.3, -0.25) is 14.9 Å². The van der Waals surface area contributed by atoms with Crippen molar-refractivity contribution in [2.45, 2.75) is 13.8 Å². The van der Waals surface area contributed by atoms with Gasteiger partial charge in [0, 0.05) is 29.8 Å². The van der Waals surface area contributed by atoms with Gasteiger partial charge in [-0.2, -0.15) is 0 Å². The number of benzene rings is 1. The van der Waals surface area contributed by atoms with Gasteiger partial charge in [-0.05, 0) is 20.0 Å². The lowest BCUT2D eigenvalue weighted by atomic mass is 10.1. The summed E-state index contributed by atoms with van der Waals surface area (Å²) < 4.78 is 0. The van der Waals surface area contributed by atoms with Crippen LogP contribution >= 0.6 is 0 Å². The summed E-state index contributed by atoms with van der Waals surface area (Å²) in [5.74, 6) is -0.363. The molecule has 0 aliphatic rings. The summed E-state index contributed by atoms with van der Waals surface area (Å²) in [6.07, 6.45) is 0. The van der Waals surface area contributed by atoms with Crippen molar-refractivity contribution in [3.05, 3.63) is 33.9 Å². The van der Waals surface area contributed by atoms with Crippen LogP contribution in [0.25, 0.3) is 0 Å². The molecule has 0 bridgehead atoms. The number of aryl methyl sites for hydroxylation is 1. The molecular formula is C12H17N3O3. The number of hydrogen-bond acceptors (Lipinski definition) is 4. The number of anilines is 1. The van der Waals surface area contributed by atoms with Crippen LogP contribution in [0.5, 0.6) is 0 Å². The van der Waals surface area contributed by atoms with E-state index in [1.54, 1.807) is 33.0 Å². The van der Waals surface area contributed by atoms with Gasteiger partial charge in [-0.15, -0.1) is 0 Å². The number of nitrogens with zero attached hydrogens (tertiary/aromatic N) is 1. The maximum absolute atomic E-state index is 11.7. The molecule has 0 fully saturated rings. The van der Waals surface area contributed by atoms with Gasteiger partial charge in [0.15, 0.2) is 0 Å². The second-order valence-electron chi connectivity index (χ2n) is 4.21. The number of amides is 1. The second-order valence-corrected chi connectivity index (χ2v) is 4.21. The standard InChI is InChI=1S/C12H17N3O3/c1-8-4-5-10(6-11(8)15(17)18)14-12(16)9(2)7-13-3/h4-6,9,13H,7H2,1-3H3,(H,14,16). The van der Waals surface area contributed by atoms with E-state index in [2.05, 4.69) is 10.6 Å². The number of carbonyl (C=O) groups is 1. The second kappa shape index (κ2) is 6.11. The van der Waals surface area contributed by atoms with Crippen LogP contribution < -0.4 is 10.6 Å². The van der Waals surface area contributed by atoms with E-state index in [0.717, 1.165) is 0 Å². The highest BCUT2D eigenvalue weighted by Crippen LogP contribution is 2.22. The van der Waals surface area contributed by atoms with Gasteiger partial charge in [0.1, 0.15) is 0 Å². The molecule has 1 amide bonds. The monoisotopic (exact) mass is 251 g/mol. The van der Waals surface area contributed by atoms with Gasteiger partial charge < -0.3 is 10.6 Å². The maximum Gasteiger partial charge on any atom is 0.274 e. The molecule has 0 spiro atoms. The number of carbonyl (C=O) groups excluding carboxylic acids is 1. The Kier molecular flexibility index (Phi) is 4.79. The maximum atomic E-state index is 11.7. The quantitative estimate of drug-likeness (QED) is 0.616. The molecule has 1 rings (SSSR count). The van der Waals surface area contributed by atoms with Gasteiger partial charge in [-0.1, -0.05) is 13.0 Å². The van der Waals surface area contributed by atoms with Gasteiger partial charge in [-0.25, -0.2) is 0 Å². The topological polar surface area (TPSA) is 84.3 Å². The molecule has 0 aliphatic carbocycles. The third-order valence-electron chi connectivity index (χ3n) is 2.63. The molecule has 0 radical (unpaired) electrons. The largest absolute Gasteiger partial charge is 0.326 e. The van der Waals surface area contributed by atoms with Crippen molar-refractivity contribution in [2.24, 2.45) is 5.92 Å². The van der Waals surface area contributed by atoms with E-state index in [-0.39, 0.29) is 17.5 Å². The van der Waals surface area contributed by atoms with Gasteiger partial charge in [0.25, 0.3) is 5.69 Å². The van der Waals surface area contributed by atoms with Crippen LogP contribution in [0.2, 0.25) is 0 Å². The van der Waals surface area contributed by atoms with Crippen LogP contribution in [0.1, 0.15) is 12.5 Å². The molecule has 0 aromatic heterocycles. The third kappa shape index (κ3) is 3.53. The molecule has 0 aliphatic heterocycles. The highest BCUT2D eigenvalue weighted by molar-refractivity contribution is 5.92. The fourth-order valence-corrected chi connectivity index (χ4v) is 1.55. The Bertz CT molecular complexity index is 460. The molecule has 6 heteroatoms. The predicted molar refractivity (Wildman–Crippen MR) is 69.6 cm³/mol. The van der Waals surface area contributed by atoms with Crippen molar-refractivity contribution in [3.63, 3.8) is 0 Å². The molecule has 1 atom stereocenters. The lowest BCUT2D eigenvalue weighted by molar-refractivity contribution is -0.385. The smallest absolute Gasteiger partial charge is 0.274 e. The van der Waals surface area contributed by atoms with E-state index in [0.29, 0.717) is 17.8 Å². The Morgan fingerprint density at radius 3 is 2.72 bits per heavy atom. The summed E-state index contributed by atoms with van der Waals surface area (Å²) in [6.45, 7) is 4.00. The molecule has 2 N–H and O–H groups in total. The highest BCUT2D eigenvalue weighted by atomic mass is 16.6. The summed E-state index contributed by atoms with van der Waals surface area (Å²) >= 11 is 0. The molecule has 6 nitrogen and oxygen atoms in total. The predicted octanol–water partition coefficient (Wildman–Crippen LogP) is 1.70. The Morgan fingerprint density at radius 1 is 1.50 bits per heavy atom. The summed E-state index contributed by atoms with van der Waals surface area (Å²) in [5.41, 5.74) is 1.02.